The van der Waals surface area contributed by atoms with Crippen LogP contribution < -0.4 is 0 Å². The SMILES string of the molecule is [CH2+]CC1Cc2ccccc2C([O][Al-]([Br])([Br])[Br])=C1C. The van der Waals surface area contributed by atoms with Crippen molar-refractivity contribution in [3.05, 3.63) is 47.9 Å². The summed E-state index contributed by atoms with van der Waals surface area (Å²) in [7, 11) is -2.42. The zero-order chi connectivity index (χ0) is 13.3. The van der Waals surface area contributed by atoms with E-state index >= 15 is 0 Å². The van der Waals surface area contributed by atoms with Gasteiger partial charge in [-0.15, -0.1) is 0 Å². The maximum atomic E-state index is 6.12. The summed E-state index contributed by atoms with van der Waals surface area (Å²) in [5.41, 5.74) is 3.86. The summed E-state index contributed by atoms with van der Waals surface area (Å²) in [4.78, 5) is 0. The smallest absolute Gasteiger partial charge is 0.615 e. The zero-order valence-electron chi connectivity index (χ0n) is 10.1. The van der Waals surface area contributed by atoms with Crippen molar-refractivity contribution in [2.45, 2.75) is 19.8 Å². The molecule has 2 rings (SSSR count). The second-order valence-corrected chi connectivity index (χ2v) is 28.4. The summed E-state index contributed by atoms with van der Waals surface area (Å²) in [5.74, 6) is 1.48. The third-order valence-corrected chi connectivity index (χ3v) is 5.48. The predicted octanol–water partition coefficient (Wildman–Crippen LogP) is 5.45. The Morgan fingerprint density at radius 1 is 1.33 bits per heavy atom. The van der Waals surface area contributed by atoms with Gasteiger partial charge in [-0.3, -0.25) is 0 Å². The lowest BCUT2D eigenvalue weighted by Crippen LogP contribution is -2.21. The minimum atomic E-state index is -2.42. The quantitative estimate of drug-likeness (QED) is 0.437. The van der Waals surface area contributed by atoms with E-state index in [4.69, 9.17) is 3.79 Å². The molecule has 0 N–H and O–H groups in total. The molecule has 0 aromatic heterocycles. The molecule has 18 heavy (non-hydrogen) atoms. The molecule has 1 aromatic rings. The van der Waals surface area contributed by atoms with Gasteiger partial charge in [-0.2, -0.15) is 0 Å². The molecule has 0 amide bonds. The third-order valence-electron chi connectivity index (χ3n) is 3.30. The van der Waals surface area contributed by atoms with E-state index < -0.39 is 7.93 Å². The molecule has 0 saturated heterocycles. The number of rotatable bonds is 3. The molecule has 1 unspecified atom stereocenters. The van der Waals surface area contributed by atoms with Gasteiger partial charge in [-0.1, -0.05) is 24.3 Å². The molecule has 1 aromatic carbocycles. The number of fused-ring (bicyclic) bond motifs is 1. The van der Waals surface area contributed by atoms with Crippen LogP contribution >= 0.6 is 42.2 Å². The first kappa shape index (κ1) is 15.0. The number of allylic oxidation sites excluding steroid dienone is 1. The molecule has 1 aliphatic carbocycles. The van der Waals surface area contributed by atoms with E-state index in [1.165, 1.54) is 16.7 Å². The standard InChI is InChI=1S/C13H14O.Al.3BrH/c1-3-10-8-11-6-4-5-7-12(11)13(14)9(10)2;;;;/h4-7,10H,1,3,8H2,2H3;;3*1H/q;+3;;;/p-3. The lowest BCUT2D eigenvalue weighted by atomic mass is 9.82. The second-order valence-electron chi connectivity index (χ2n) is 4.49. The van der Waals surface area contributed by atoms with Crippen molar-refractivity contribution in [2.24, 2.45) is 5.92 Å². The van der Waals surface area contributed by atoms with Crippen molar-refractivity contribution in [1.82, 2.24) is 0 Å². The van der Waals surface area contributed by atoms with Crippen molar-refractivity contribution in [2.75, 3.05) is 0 Å². The fourth-order valence-electron chi connectivity index (χ4n) is 2.34. The van der Waals surface area contributed by atoms with E-state index in [1.807, 2.05) is 0 Å². The molecule has 96 valence electrons. The van der Waals surface area contributed by atoms with E-state index in [9.17, 15) is 0 Å². The molecule has 0 fully saturated rings. The topological polar surface area (TPSA) is 9.23 Å². The minimum absolute atomic E-state index is 0.476. The van der Waals surface area contributed by atoms with Gasteiger partial charge >= 0.3 is 7.93 Å². The highest BCUT2D eigenvalue weighted by Crippen LogP contribution is 2.41. The molecular formula is C13H14AlBr3O. The van der Waals surface area contributed by atoms with E-state index in [0.717, 1.165) is 18.6 Å². The van der Waals surface area contributed by atoms with Gasteiger partial charge < -0.3 is 45.9 Å². The Kier molecular flexibility index (Phi) is 4.94. The summed E-state index contributed by atoms with van der Waals surface area (Å²) in [6.45, 7) is 6.20. The maximum absolute atomic E-state index is 6.12. The Hall–Kier alpha value is 0.602. The summed E-state index contributed by atoms with van der Waals surface area (Å²) in [6, 6.07) is 8.45. The predicted molar refractivity (Wildman–Crippen MR) is 89.8 cm³/mol. The lowest BCUT2D eigenvalue weighted by molar-refractivity contribution is 0.512. The van der Waals surface area contributed by atoms with E-state index in [0.29, 0.717) is 5.92 Å². The van der Waals surface area contributed by atoms with Crippen LogP contribution in [-0.4, -0.2) is 7.93 Å². The van der Waals surface area contributed by atoms with Crippen LogP contribution in [0, 0.1) is 12.8 Å². The van der Waals surface area contributed by atoms with Gasteiger partial charge in [-0.05, 0) is 24.5 Å². The van der Waals surface area contributed by atoms with Crippen LogP contribution in [0.3, 0.4) is 0 Å². The first-order valence-electron chi connectivity index (χ1n) is 5.88. The van der Waals surface area contributed by atoms with Gasteiger partial charge in [0.15, 0.2) is 0 Å². The minimum Gasteiger partial charge on any atom is -0.774 e. The van der Waals surface area contributed by atoms with Crippen LogP contribution in [0.4, 0.5) is 0 Å². The molecule has 0 heterocycles. The Morgan fingerprint density at radius 2 is 2.00 bits per heavy atom. The van der Waals surface area contributed by atoms with Crippen LogP contribution in [0.2, 0.25) is 0 Å². The molecule has 0 radical (unpaired) electrons. The largest absolute Gasteiger partial charge is 0.774 e. The fraction of sp³-hybridized carbons (Fsp3) is 0.308. The van der Waals surface area contributed by atoms with Crippen LogP contribution in [0.15, 0.2) is 29.8 Å². The Bertz CT molecular complexity index is 479. The van der Waals surface area contributed by atoms with Crippen molar-refractivity contribution >= 4 is 55.8 Å². The molecule has 1 nitrogen and oxygen atoms in total. The molecule has 5 heteroatoms. The lowest BCUT2D eigenvalue weighted by Gasteiger charge is -2.34. The van der Waals surface area contributed by atoms with Crippen molar-refractivity contribution in [3.8, 4) is 0 Å². The number of halogens is 3. The van der Waals surface area contributed by atoms with Crippen LogP contribution in [-0.2, 0) is 10.2 Å². The number of hydrogen-bond donors (Lipinski definition) is 0. The first-order chi connectivity index (χ1) is 8.42. The number of benzene rings is 1. The highest BCUT2D eigenvalue weighted by Gasteiger charge is 2.31. The molecule has 0 bridgehead atoms. The third kappa shape index (κ3) is 3.38. The average molecular weight is 453 g/mol. The van der Waals surface area contributed by atoms with E-state index in [2.05, 4.69) is 80.3 Å². The Morgan fingerprint density at radius 3 is 2.61 bits per heavy atom. The summed E-state index contributed by atoms with van der Waals surface area (Å²) >= 11 is 10.7. The van der Waals surface area contributed by atoms with Gasteiger partial charge in [0, 0.05) is 11.5 Å². The van der Waals surface area contributed by atoms with Crippen molar-refractivity contribution < 1.29 is 3.79 Å². The monoisotopic (exact) mass is 450 g/mol. The first-order valence-corrected chi connectivity index (χ1v) is 15.9. The van der Waals surface area contributed by atoms with Crippen molar-refractivity contribution in [3.63, 3.8) is 0 Å². The summed E-state index contributed by atoms with van der Waals surface area (Å²) in [6.07, 6.45) is 1.96. The van der Waals surface area contributed by atoms with Crippen molar-refractivity contribution in [1.29, 1.82) is 0 Å². The van der Waals surface area contributed by atoms with Gasteiger partial charge in [0.2, 0.25) is 0 Å². The normalized spacial score (nSPS) is 19.7. The molecule has 0 spiro atoms. The Labute approximate surface area is 132 Å². The summed E-state index contributed by atoms with van der Waals surface area (Å²) in [5, 5.41) is 0. The number of hydrogen-bond acceptors (Lipinski definition) is 1. The van der Waals surface area contributed by atoms with Crippen LogP contribution in [0.5, 0.6) is 0 Å². The second kappa shape index (κ2) is 5.93. The molecule has 0 saturated carbocycles. The fourth-order valence-corrected chi connectivity index (χ4v) is 4.61. The highest BCUT2D eigenvalue weighted by atomic mass is 80.0. The van der Waals surface area contributed by atoms with Gasteiger partial charge in [0.05, 0.1) is 19.1 Å². The average Bonchev–Trinajstić information content (AvgIpc) is 2.31. The van der Waals surface area contributed by atoms with Crippen LogP contribution in [0.25, 0.3) is 5.76 Å². The Balaban J connectivity index is 2.48. The summed E-state index contributed by atoms with van der Waals surface area (Å²) < 4.78 is 6.12. The van der Waals surface area contributed by atoms with Gasteiger partial charge in [0.25, 0.3) is 0 Å². The molecule has 1 aliphatic rings. The van der Waals surface area contributed by atoms with E-state index in [-0.39, 0.29) is 0 Å². The molecule has 0 aliphatic heterocycles. The zero-order valence-corrected chi connectivity index (χ0v) is 16.0. The van der Waals surface area contributed by atoms with Crippen LogP contribution in [0.1, 0.15) is 24.5 Å². The van der Waals surface area contributed by atoms with E-state index in [1.54, 1.807) is 0 Å². The molecule has 1 atom stereocenters. The van der Waals surface area contributed by atoms with Gasteiger partial charge in [-0.25, -0.2) is 0 Å². The van der Waals surface area contributed by atoms with Gasteiger partial charge in [0.1, 0.15) is 0 Å². The maximum Gasteiger partial charge on any atom is 0.615 e. The molecular weight excluding hydrogens is 439 g/mol. The highest BCUT2D eigenvalue weighted by molar-refractivity contribution is 9.71.